The molecule has 0 aliphatic carbocycles. The summed E-state index contributed by atoms with van der Waals surface area (Å²) >= 11 is 0. The molecule has 1 rings (SSSR count). The van der Waals surface area contributed by atoms with Gasteiger partial charge >= 0.3 is 5.97 Å². The van der Waals surface area contributed by atoms with Crippen molar-refractivity contribution in [3.8, 4) is 17.2 Å². The van der Waals surface area contributed by atoms with E-state index in [1.807, 2.05) is 0 Å². The van der Waals surface area contributed by atoms with Crippen LogP contribution in [0.2, 0.25) is 0 Å². The van der Waals surface area contributed by atoms with E-state index in [2.05, 4.69) is 6.58 Å². The Morgan fingerprint density at radius 1 is 1.14 bits per heavy atom. The first-order valence-corrected chi connectivity index (χ1v) is 6.32. The summed E-state index contributed by atoms with van der Waals surface area (Å²) in [5, 5.41) is 0. The van der Waals surface area contributed by atoms with Gasteiger partial charge in [0, 0.05) is 17.7 Å². The second-order valence-electron chi connectivity index (χ2n) is 4.23. The standard InChI is InChI=1S/C16H20O5/c1-11(2)16(17)21-8-6-7-13-14(19-4)9-12(18-3)10-15(13)20-5/h6-7,9-10H,1,8H2,2-5H3. The number of hydrogen-bond acceptors (Lipinski definition) is 5. The fraction of sp³-hybridized carbons (Fsp3) is 0.312. The molecule has 0 heterocycles. The molecule has 1 aromatic carbocycles. The summed E-state index contributed by atoms with van der Waals surface area (Å²) in [6, 6.07) is 3.50. The zero-order valence-electron chi connectivity index (χ0n) is 12.8. The molecule has 5 heteroatoms. The average molecular weight is 292 g/mol. The lowest BCUT2D eigenvalue weighted by Crippen LogP contribution is -2.04. The maximum Gasteiger partial charge on any atom is 0.333 e. The van der Waals surface area contributed by atoms with Crippen LogP contribution < -0.4 is 14.2 Å². The Morgan fingerprint density at radius 3 is 2.14 bits per heavy atom. The van der Waals surface area contributed by atoms with Gasteiger partial charge in [0.2, 0.25) is 0 Å². The highest BCUT2D eigenvalue weighted by atomic mass is 16.5. The third-order valence-corrected chi connectivity index (χ3v) is 2.70. The summed E-state index contributed by atoms with van der Waals surface area (Å²) in [6.45, 7) is 5.25. The van der Waals surface area contributed by atoms with Gasteiger partial charge in [-0.3, -0.25) is 0 Å². The van der Waals surface area contributed by atoms with Gasteiger partial charge in [-0.15, -0.1) is 0 Å². The van der Waals surface area contributed by atoms with Crippen LogP contribution in [0.3, 0.4) is 0 Å². The number of methoxy groups -OCH3 is 3. The van der Waals surface area contributed by atoms with Crippen LogP contribution in [0.5, 0.6) is 17.2 Å². The fourth-order valence-corrected chi connectivity index (χ4v) is 1.61. The maximum atomic E-state index is 11.3. The second kappa shape index (κ2) is 7.99. The Kier molecular flexibility index (Phi) is 6.33. The summed E-state index contributed by atoms with van der Waals surface area (Å²) in [5.74, 6) is 1.42. The van der Waals surface area contributed by atoms with Crippen molar-refractivity contribution in [2.24, 2.45) is 0 Å². The minimum atomic E-state index is -0.423. The van der Waals surface area contributed by atoms with Crippen LogP contribution in [0.15, 0.2) is 30.4 Å². The normalized spacial score (nSPS) is 10.3. The van der Waals surface area contributed by atoms with Crippen LogP contribution in [0.4, 0.5) is 0 Å². The van der Waals surface area contributed by atoms with Gasteiger partial charge in [-0.2, -0.15) is 0 Å². The molecule has 0 spiro atoms. The molecule has 0 saturated carbocycles. The monoisotopic (exact) mass is 292 g/mol. The molecule has 0 N–H and O–H groups in total. The highest BCUT2D eigenvalue weighted by molar-refractivity contribution is 5.87. The molecular formula is C16H20O5. The third-order valence-electron chi connectivity index (χ3n) is 2.70. The molecule has 0 atom stereocenters. The predicted octanol–water partition coefficient (Wildman–Crippen LogP) is 2.84. The minimum absolute atomic E-state index is 0.143. The lowest BCUT2D eigenvalue weighted by molar-refractivity contribution is -0.137. The molecule has 0 aliphatic rings. The Morgan fingerprint density at radius 2 is 1.71 bits per heavy atom. The largest absolute Gasteiger partial charge is 0.496 e. The van der Waals surface area contributed by atoms with Crippen molar-refractivity contribution in [1.29, 1.82) is 0 Å². The Labute approximate surface area is 124 Å². The summed E-state index contributed by atoms with van der Waals surface area (Å²) in [7, 11) is 4.69. The van der Waals surface area contributed by atoms with Gasteiger partial charge in [-0.05, 0) is 19.1 Å². The van der Waals surface area contributed by atoms with Crippen molar-refractivity contribution < 1.29 is 23.7 Å². The average Bonchev–Trinajstić information content (AvgIpc) is 2.50. The molecular weight excluding hydrogens is 272 g/mol. The SMILES string of the molecule is C=C(C)C(=O)OCC=Cc1c(OC)cc(OC)cc1OC. The molecule has 0 saturated heterocycles. The van der Waals surface area contributed by atoms with E-state index in [0.717, 1.165) is 5.56 Å². The van der Waals surface area contributed by atoms with Crippen LogP contribution in [-0.4, -0.2) is 33.9 Å². The molecule has 114 valence electrons. The van der Waals surface area contributed by atoms with Gasteiger partial charge < -0.3 is 18.9 Å². The molecule has 1 aromatic rings. The number of carbonyl (C=O) groups excluding carboxylic acids is 1. The van der Waals surface area contributed by atoms with E-state index in [0.29, 0.717) is 22.8 Å². The van der Waals surface area contributed by atoms with Gasteiger partial charge in [0.25, 0.3) is 0 Å². The van der Waals surface area contributed by atoms with Crippen molar-refractivity contribution in [3.63, 3.8) is 0 Å². The number of ether oxygens (including phenoxy) is 4. The van der Waals surface area contributed by atoms with E-state index in [-0.39, 0.29) is 6.61 Å². The molecule has 0 aliphatic heterocycles. The van der Waals surface area contributed by atoms with Crippen molar-refractivity contribution in [1.82, 2.24) is 0 Å². The highest BCUT2D eigenvalue weighted by Gasteiger charge is 2.10. The number of benzene rings is 1. The second-order valence-corrected chi connectivity index (χ2v) is 4.23. The minimum Gasteiger partial charge on any atom is -0.496 e. The number of carbonyl (C=O) groups is 1. The maximum absolute atomic E-state index is 11.3. The molecule has 0 unspecified atom stereocenters. The summed E-state index contributed by atoms with van der Waals surface area (Å²) in [5.41, 5.74) is 1.11. The Balaban J connectivity index is 2.91. The molecule has 5 nitrogen and oxygen atoms in total. The van der Waals surface area contributed by atoms with Crippen molar-refractivity contribution in [2.75, 3.05) is 27.9 Å². The van der Waals surface area contributed by atoms with Crippen LogP contribution in [0.1, 0.15) is 12.5 Å². The van der Waals surface area contributed by atoms with Gasteiger partial charge in [0.05, 0.1) is 26.9 Å². The molecule has 0 bridgehead atoms. The zero-order valence-corrected chi connectivity index (χ0v) is 12.8. The lowest BCUT2D eigenvalue weighted by Gasteiger charge is -2.12. The van der Waals surface area contributed by atoms with Crippen molar-refractivity contribution >= 4 is 12.0 Å². The first-order chi connectivity index (χ1) is 10.0. The van der Waals surface area contributed by atoms with E-state index in [4.69, 9.17) is 18.9 Å². The van der Waals surface area contributed by atoms with Gasteiger partial charge in [0.1, 0.15) is 23.9 Å². The van der Waals surface area contributed by atoms with E-state index in [1.54, 1.807) is 52.5 Å². The van der Waals surface area contributed by atoms with Gasteiger partial charge in [-0.25, -0.2) is 4.79 Å². The van der Waals surface area contributed by atoms with Crippen LogP contribution in [-0.2, 0) is 9.53 Å². The van der Waals surface area contributed by atoms with Crippen LogP contribution in [0, 0.1) is 0 Å². The highest BCUT2D eigenvalue weighted by Crippen LogP contribution is 2.34. The number of hydrogen-bond donors (Lipinski definition) is 0. The van der Waals surface area contributed by atoms with E-state index >= 15 is 0 Å². The van der Waals surface area contributed by atoms with Crippen LogP contribution in [0.25, 0.3) is 6.08 Å². The smallest absolute Gasteiger partial charge is 0.333 e. The summed E-state index contributed by atoms with van der Waals surface area (Å²) < 4.78 is 20.8. The quantitative estimate of drug-likeness (QED) is 0.571. The number of rotatable bonds is 7. The summed E-state index contributed by atoms with van der Waals surface area (Å²) in [4.78, 5) is 11.3. The first-order valence-electron chi connectivity index (χ1n) is 6.32. The van der Waals surface area contributed by atoms with Crippen molar-refractivity contribution in [2.45, 2.75) is 6.92 Å². The first kappa shape index (κ1) is 16.6. The summed E-state index contributed by atoms with van der Waals surface area (Å²) in [6.07, 6.45) is 3.47. The topological polar surface area (TPSA) is 54.0 Å². The van der Waals surface area contributed by atoms with Crippen LogP contribution >= 0.6 is 0 Å². The van der Waals surface area contributed by atoms with E-state index < -0.39 is 5.97 Å². The lowest BCUT2D eigenvalue weighted by atomic mass is 10.1. The fourth-order valence-electron chi connectivity index (χ4n) is 1.61. The molecule has 0 radical (unpaired) electrons. The zero-order chi connectivity index (χ0) is 15.8. The van der Waals surface area contributed by atoms with Gasteiger partial charge in [0.15, 0.2) is 0 Å². The predicted molar refractivity (Wildman–Crippen MR) is 80.9 cm³/mol. The van der Waals surface area contributed by atoms with E-state index in [1.165, 1.54) is 0 Å². The number of esters is 1. The molecule has 0 fully saturated rings. The molecule has 21 heavy (non-hydrogen) atoms. The van der Waals surface area contributed by atoms with Gasteiger partial charge in [-0.1, -0.05) is 6.58 Å². The van der Waals surface area contributed by atoms with E-state index in [9.17, 15) is 4.79 Å². The Hall–Kier alpha value is -2.43. The third kappa shape index (κ3) is 4.56. The molecule has 0 aromatic heterocycles. The Bertz CT molecular complexity index is 521. The van der Waals surface area contributed by atoms with Crippen molar-refractivity contribution in [3.05, 3.63) is 35.9 Å². The molecule has 0 amide bonds.